The van der Waals surface area contributed by atoms with Crippen molar-refractivity contribution in [3.05, 3.63) is 54.1 Å². The highest BCUT2D eigenvalue weighted by molar-refractivity contribution is 5.95. The third-order valence-corrected chi connectivity index (χ3v) is 4.16. The van der Waals surface area contributed by atoms with E-state index >= 15 is 0 Å². The molecule has 2 aromatic carbocycles. The van der Waals surface area contributed by atoms with E-state index in [0.29, 0.717) is 5.69 Å². The van der Waals surface area contributed by atoms with Crippen molar-refractivity contribution in [1.29, 1.82) is 0 Å². The Morgan fingerprint density at radius 3 is 2.54 bits per heavy atom. The van der Waals surface area contributed by atoms with Gasteiger partial charge in [0.15, 0.2) is 6.61 Å². The van der Waals surface area contributed by atoms with Crippen molar-refractivity contribution < 1.29 is 22.7 Å². The fraction of sp³-hybridized carbons (Fsp3) is 0.316. The maximum Gasteiger partial charge on any atom is 0.416 e. The number of hydrogen-bond donors (Lipinski definition) is 1. The minimum atomic E-state index is -4.45. The maximum absolute atomic E-state index is 12.7. The van der Waals surface area contributed by atoms with Crippen LogP contribution in [-0.2, 0) is 11.0 Å². The SMILES string of the molecule is O=C(COc1cccc(C(F)(F)F)c1)Nc1ccccc1N1CCCC1. The van der Waals surface area contributed by atoms with Crippen LogP contribution in [0.5, 0.6) is 5.75 Å². The van der Waals surface area contributed by atoms with Gasteiger partial charge in [-0.05, 0) is 43.2 Å². The highest BCUT2D eigenvalue weighted by Crippen LogP contribution is 2.31. The van der Waals surface area contributed by atoms with Gasteiger partial charge in [-0.25, -0.2) is 0 Å². The predicted molar refractivity (Wildman–Crippen MR) is 93.5 cm³/mol. The molecule has 1 heterocycles. The Bertz CT molecular complexity index is 771. The van der Waals surface area contributed by atoms with Gasteiger partial charge in [0.25, 0.3) is 5.91 Å². The van der Waals surface area contributed by atoms with E-state index in [0.717, 1.165) is 43.8 Å². The normalized spacial score (nSPS) is 14.3. The van der Waals surface area contributed by atoms with Gasteiger partial charge in [-0.1, -0.05) is 18.2 Å². The van der Waals surface area contributed by atoms with Gasteiger partial charge in [0.1, 0.15) is 5.75 Å². The molecule has 7 heteroatoms. The Morgan fingerprint density at radius 2 is 1.81 bits per heavy atom. The topological polar surface area (TPSA) is 41.6 Å². The number of nitrogens with one attached hydrogen (secondary N) is 1. The Hall–Kier alpha value is -2.70. The van der Waals surface area contributed by atoms with Crippen LogP contribution in [0.1, 0.15) is 18.4 Å². The molecule has 0 unspecified atom stereocenters. The molecular formula is C19H19F3N2O2. The molecule has 138 valence electrons. The van der Waals surface area contributed by atoms with E-state index in [1.54, 1.807) is 6.07 Å². The number of carbonyl (C=O) groups excluding carboxylic acids is 1. The number of alkyl halides is 3. The van der Waals surface area contributed by atoms with E-state index in [2.05, 4.69) is 10.2 Å². The second-order valence-corrected chi connectivity index (χ2v) is 6.07. The molecule has 0 atom stereocenters. The molecule has 4 nitrogen and oxygen atoms in total. The first-order valence-corrected chi connectivity index (χ1v) is 8.37. The van der Waals surface area contributed by atoms with Crippen LogP contribution in [0.15, 0.2) is 48.5 Å². The molecule has 1 aliphatic heterocycles. The quantitative estimate of drug-likeness (QED) is 0.859. The molecule has 1 aliphatic rings. The summed E-state index contributed by atoms with van der Waals surface area (Å²) in [7, 11) is 0. The smallest absolute Gasteiger partial charge is 0.416 e. The highest BCUT2D eigenvalue weighted by Gasteiger charge is 2.30. The maximum atomic E-state index is 12.7. The Morgan fingerprint density at radius 1 is 1.08 bits per heavy atom. The summed E-state index contributed by atoms with van der Waals surface area (Å²) >= 11 is 0. The summed E-state index contributed by atoms with van der Waals surface area (Å²) in [6, 6.07) is 11.9. The summed E-state index contributed by atoms with van der Waals surface area (Å²) in [6.45, 7) is 1.51. The van der Waals surface area contributed by atoms with Gasteiger partial charge in [0, 0.05) is 13.1 Å². The molecule has 0 bridgehead atoms. The van der Waals surface area contributed by atoms with Crippen molar-refractivity contribution in [2.45, 2.75) is 19.0 Å². The fourth-order valence-corrected chi connectivity index (χ4v) is 2.91. The van der Waals surface area contributed by atoms with Gasteiger partial charge in [0.2, 0.25) is 0 Å². The zero-order valence-corrected chi connectivity index (χ0v) is 14.1. The van der Waals surface area contributed by atoms with Crippen LogP contribution in [0, 0.1) is 0 Å². The van der Waals surface area contributed by atoms with Crippen molar-refractivity contribution in [2.24, 2.45) is 0 Å². The van der Waals surface area contributed by atoms with Gasteiger partial charge in [-0.2, -0.15) is 13.2 Å². The number of amides is 1. The molecule has 26 heavy (non-hydrogen) atoms. The first-order valence-electron chi connectivity index (χ1n) is 8.37. The molecule has 0 saturated carbocycles. The van der Waals surface area contributed by atoms with Crippen molar-refractivity contribution in [2.75, 3.05) is 29.9 Å². The average molecular weight is 364 g/mol. The minimum absolute atomic E-state index is 0.00260. The standard InChI is InChI=1S/C19H19F3N2O2/c20-19(21,22)14-6-5-7-15(12-14)26-13-18(25)23-16-8-1-2-9-17(16)24-10-3-4-11-24/h1-2,5-9,12H,3-4,10-11,13H2,(H,23,25). The zero-order valence-electron chi connectivity index (χ0n) is 14.1. The van der Waals surface area contributed by atoms with Crippen LogP contribution in [0.25, 0.3) is 0 Å². The van der Waals surface area contributed by atoms with E-state index in [1.165, 1.54) is 12.1 Å². The second kappa shape index (κ2) is 7.68. The summed E-state index contributed by atoms with van der Waals surface area (Å²) in [5, 5.41) is 2.77. The van der Waals surface area contributed by atoms with Crippen molar-refractivity contribution in [3.63, 3.8) is 0 Å². The lowest BCUT2D eigenvalue weighted by atomic mass is 10.2. The zero-order chi connectivity index (χ0) is 18.6. The predicted octanol–water partition coefficient (Wildman–Crippen LogP) is 4.32. The number of halogens is 3. The first kappa shape index (κ1) is 18.1. The molecule has 0 aliphatic carbocycles. The molecular weight excluding hydrogens is 345 g/mol. The molecule has 1 amide bonds. The van der Waals surface area contributed by atoms with E-state index in [-0.39, 0.29) is 12.4 Å². The first-order chi connectivity index (χ1) is 12.4. The molecule has 1 saturated heterocycles. The lowest BCUT2D eigenvalue weighted by Crippen LogP contribution is -2.24. The second-order valence-electron chi connectivity index (χ2n) is 6.07. The van der Waals surface area contributed by atoms with Gasteiger partial charge >= 0.3 is 6.18 Å². The van der Waals surface area contributed by atoms with Gasteiger partial charge < -0.3 is 15.0 Å². The van der Waals surface area contributed by atoms with Gasteiger partial charge in [-0.3, -0.25) is 4.79 Å². The molecule has 0 spiro atoms. The fourth-order valence-electron chi connectivity index (χ4n) is 2.91. The number of ether oxygens (including phenoxy) is 1. The number of anilines is 2. The van der Waals surface area contributed by atoms with E-state index in [9.17, 15) is 18.0 Å². The van der Waals surface area contributed by atoms with Crippen molar-refractivity contribution >= 4 is 17.3 Å². The lowest BCUT2D eigenvalue weighted by Gasteiger charge is -2.21. The molecule has 1 fully saturated rings. The van der Waals surface area contributed by atoms with Crippen LogP contribution >= 0.6 is 0 Å². The summed E-state index contributed by atoms with van der Waals surface area (Å²) in [5.74, 6) is -0.420. The van der Waals surface area contributed by atoms with Gasteiger partial charge in [0.05, 0.1) is 16.9 Å². The van der Waals surface area contributed by atoms with E-state index in [1.807, 2.05) is 18.2 Å². The minimum Gasteiger partial charge on any atom is -0.484 e. The number of para-hydroxylation sites is 2. The van der Waals surface area contributed by atoms with E-state index < -0.39 is 17.6 Å². The largest absolute Gasteiger partial charge is 0.484 e. The third-order valence-electron chi connectivity index (χ3n) is 4.16. The number of nitrogens with zero attached hydrogens (tertiary/aromatic N) is 1. The Balaban J connectivity index is 1.62. The summed E-state index contributed by atoms with van der Waals surface area (Å²) in [6.07, 6.45) is -2.22. The molecule has 0 radical (unpaired) electrons. The number of hydrogen-bond acceptors (Lipinski definition) is 3. The average Bonchev–Trinajstić information content (AvgIpc) is 3.14. The third kappa shape index (κ3) is 4.47. The van der Waals surface area contributed by atoms with Crippen LogP contribution in [0.2, 0.25) is 0 Å². The summed E-state index contributed by atoms with van der Waals surface area (Å²) in [5.41, 5.74) is 0.805. The van der Waals surface area contributed by atoms with Crippen molar-refractivity contribution in [3.8, 4) is 5.75 Å². The molecule has 1 N–H and O–H groups in total. The van der Waals surface area contributed by atoms with Crippen LogP contribution < -0.4 is 15.0 Å². The molecule has 0 aromatic heterocycles. The number of rotatable bonds is 5. The summed E-state index contributed by atoms with van der Waals surface area (Å²) in [4.78, 5) is 14.4. The van der Waals surface area contributed by atoms with Crippen LogP contribution in [0.4, 0.5) is 24.5 Å². The van der Waals surface area contributed by atoms with Crippen LogP contribution in [0.3, 0.4) is 0 Å². The monoisotopic (exact) mass is 364 g/mol. The Kier molecular flexibility index (Phi) is 5.35. The summed E-state index contributed by atoms with van der Waals surface area (Å²) < 4.78 is 43.3. The molecule has 3 rings (SSSR count). The van der Waals surface area contributed by atoms with Crippen molar-refractivity contribution in [1.82, 2.24) is 0 Å². The lowest BCUT2D eigenvalue weighted by molar-refractivity contribution is -0.137. The number of benzene rings is 2. The molecule has 2 aromatic rings. The number of carbonyl (C=O) groups is 1. The van der Waals surface area contributed by atoms with Gasteiger partial charge in [-0.15, -0.1) is 0 Å². The van der Waals surface area contributed by atoms with E-state index in [4.69, 9.17) is 4.74 Å². The highest BCUT2D eigenvalue weighted by atomic mass is 19.4. The Labute approximate surface area is 149 Å². The van der Waals surface area contributed by atoms with Crippen LogP contribution in [-0.4, -0.2) is 25.6 Å².